The summed E-state index contributed by atoms with van der Waals surface area (Å²) in [5, 5.41) is 7.62. The topological polar surface area (TPSA) is 63.8 Å². The molecule has 2 atom stereocenters. The second-order valence-electron chi connectivity index (χ2n) is 5.20. The normalized spacial score (nSPS) is 14.1. The van der Waals surface area contributed by atoms with Crippen molar-refractivity contribution in [1.82, 2.24) is 20.4 Å². The Bertz CT molecular complexity index is 567. The third kappa shape index (κ3) is 3.47. The number of rotatable bonds is 7. The third-order valence-corrected chi connectivity index (χ3v) is 3.87. The van der Waals surface area contributed by atoms with E-state index < -0.39 is 0 Å². The highest BCUT2D eigenvalue weighted by atomic mass is 16.5. The number of aromatic nitrogens is 3. The Hall–Kier alpha value is -1.75. The van der Waals surface area contributed by atoms with Gasteiger partial charge in [0, 0.05) is 24.0 Å². The van der Waals surface area contributed by atoms with Crippen molar-refractivity contribution in [2.75, 3.05) is 6.54 Å². The van der Waals surface area contributed by atoms with Crippen molar-refractivity contribution in [3.05, 3.63) is 29.9 Å². The highest BCUT2D eigenvalue weighted by Gasteiger charge is 2.23. The lowest BCUT2D eigenvalue weighted by Gasteiger charge is -2.20. The molecule has 1 N–H and O–H groups in total. The minimum absolute atomic E-state index is 0.197. The molecule has 0 aromatic carbocycles. The van der Waals surface area contributed by atoms with E-state index in [2.05, 4.69) is 48.1 Å². The minimum Gasteiger partial charge on any atom is -0.339 e. The van der Waals surface area contributed by atoms with E-state index in [-0.39, 0.29) is 5.92 Å². The maximum atomic E-state index is 5.49. The van der Waals surface area contributed by atoms with Crippen LogP contribution in [0, 0.1) is 0 Å². The van der Waals surface area contributed by atoms with Crippen molar-refractivity contribution < 1.29 is 4.52 Å². The Kier molecular flexibility index (Phi) is 5.44. The van der Waals surface area contributed by atoms with E-state index in [0.29, 0.717) is 17.8 Å². The number of likely N-dealkylation sites (N-methyl/N-ethyl adjacent to an activating group) is 1. The van der Waals surface area contributed by atoms with Gasteiger partial charge in [-0.25, -0.2) is 0 Å². The van der Waals surface area contributed by atoms with E-state index in [0.717, 1.165) is 30.5 Å². The van der Waals surface area contributed by atoms with Crippen LogP contribution in [0.3, 0.4) is 0 Å². The van der Waals surface area contributed by atoms with Gasteiger partial charge in [0.05, 0.1) is 5.92 Å². The van der Waals surface area contributed by atoms with Crippen LogP contribution in [0.2, 0.25) is 0 Å². The molecule has 0 aliphatic heterocycles. The summed E-state index contributed by atoms with van der Waals surface area (Å²) >= 11 is 0. The molecule has 0 saturated heterocycles. The summed E-state index contributed by atoms with van der Waals surface area (Å²) in [5.74, 6) is 1.54. The second-order valence-corrected chi connectivity index (χ2v) is 5.20. The number of nitrogens with one attached hydrogen (secondary N) is 1. The van der Waals surface area contributed by atoms with Gasteiger partial charge in [-0.3, -0.25) is 4.98 Å². The number of aryl methyl sites for hydroxylation is 1. The molecule has 0 amide bonds. The van der Waals surface area contributed by atoms with Crippen LogP contribution in [0.25, 0.3) is 11.4 Å². The zero-order valence-electron chi connectivity index (χ0n) is 13.3. The molecule has 2 rings (SSSR count). The number of hydrogen-bond donors (Lipinski definition) is 1. The van der Waals surface area contributed by atoms with Crippen LogP contribution in [0.15, 0.2) is 23.0 Å². The van der Waals surface area contributed by atoms with Crippen molar-refractivity contribution in [1.29, 1.82) is 0 Å². The highest BCUT2D eigenvalue weighted by Crippen LogP contribution is 2.25. The van der Waals surface area contributed by atoms with E-state index in [1.54, 1.807) is 6.20 Å². The lowest BCUT2D eigenvalue weighted by atomic mass is 9.99. The van der Waals surface area contributed by atoms with Gasteiger partial charge in [0.15, 0.2) is 0 Å². The molecule has 5 heteroatoms. The summed E-state index contributed by atoms with van der Waals surface area (Å²) in [6.45, 7) is 9.44. The summed E-state index contributed by atoms with van der Waals surface area (Å²) < 4.78 is 5.49. The molecule has 2 heterocycles. The maximum absolute atomic E-state index is 5.49. The molecule has 21 heavy (non-hydrogen) atoms. The lowest BCUT2D eigenvalue weighted by molar-refractivity contribution is 0.321. The van der Waals surface area contributed by atoms with Crippen LogP contribution < -0.4 is 5.32 Å². The molecular formula is C16H24N4O. The molecule has 0 bridgehead atoms. The number of pyridine rings is 1. The largest absolute Gasteiger partial charge is 0.339 e. The molecule has 0 aliphatic carbocycles. The molecule has 2 unspecified atom stereocenters. The summed E-state index contributed by atoms with van der Waals surface area (Å²) in [6, 6.07) is 2.30. The fraction of sp³-hybridized carbons (Fsp3) is 0.562. The first-order valence-electron chi connectivity index (χ1n) is 7.71. The monoisotopic (exact) mass is 288 g/mol. The molecule has 2 aromatic rings. The van der Waals surface area contributed by atoms with Gasteiger partial charge in [-0.1, -0.05) is 32.9 Å². The quantitative estimate of drug-likeness (QED) is 0.847. The predicted molar refractivity (Wildman–Crippen MR) is 83.1 cm³/mol. The molecule has 2 aromatic heterocycles. The molecule has 0 spiro atoms. The average Bonchev–Trinajstić information content (AvgIpc) is 3.01. The Morgan fingerprint density at radius 3 is 2.76 bits per heavy atom. The number of hydrogen-bond acceptors (Lipinski definition) is 5. The molecule has 0 fully saturated rings. The van der Waals surface area contributed by atoms with Crippen LogP contribution >= 0.6 is 0 Å². The molecule has 0 aliphatic rings. The zero-order valence-corrected chi connectivity index (χ0v) is 13.3. The minimum atomic E-state index is 0.197. The predicted octanol–water partition coefficient (Wildman–Crippen LogP) is 3.19. The van der Waals surface area contributed by atoms with Crippen molar-refractivity contribution >= 4 is 0 Å². The van der Waals surface area contributed by atoms with Gasteiger partial charge in [0.2, 0.25) is 11.7 Å². The average molecular weight is 288 g/mol. The van der Waals surface area contributed by atoms with Crippen LogP contribution in [0.4, 0.5) is 0 Å². The van der Waals surface area contributed by atoms with Crippen LogP contribution in [-0.4, -0.2) is 27.7 Å². The van der Waals surface area contributed by atoms with Gasteiger partial charge in [-0.2, -0.15) is 4.98 Å². The Balaban J connectivity index is 2.25. The molecule has 0 radical (unpaired) electrons. The Morgan fingerprint density at radius 2 is 2.10 bits per heavy atom. The van der Waals surface area contributed by atoms with Crippen molar-refractivity contribution in [2.24, 2.45) is 0 Å². The fourth-order valence-corrected chi connectivity index (χ4v) is 2.57. The molecular weight excluding hydrogens is 264 g/mol. The van der Waals surface area contributed by atoms with E-state index >= 15 is 0 Å². The first-order valence-corrected chi connectivity index (χ1v) is 7.71. The highest BCUT2D eigenvalue weighted by molar-refractivity contribution is 5.58. The van der Waals surface area contributed by atoms with Gasteiger partial charge in [-0.15, -0.1) is 0 Å². The van der Waals surface area contributed by atoms with Gasteiger partial charge in [0.25, 0.3) is 0 Å². The van der Waals surface area contributed by atoms with E-state index in [1.807, 2.05) is 12.3 Å². The van der Waals surface area contributed by atoms with Crippen molar-refractivity contribution in [2.45, 2.75) is 52.5 Å². The molecule has 0 saturated carbocycles. The van der Waals surface area contributed by atoms with Crippen molar-refractivity contribution in [3.8, 4) is 11.4 Å². The van der Waals surface area contributed by atoms with Gasteiger partial charge in [-0.05, 0) is 31.0 Å². The first-order chi connectivity index (χ1) is 10.2. The standard InChI is InChI=1S/C16H24N4O/c1-5-12-10-17-9-8-13(12)15-19-16(21-20-15)11(4)14(6-2)18-7-3/h8-11,14,18H,5-7H2,1-4H3. The van der Waals surface area contributed by atoms with E-state index in [9.17, 15) is 0 Å². The lowest BCUT2D eigenvalue weighted by Crippen LogP contribution is -2.33. The van der Waals surface area contributed by atoms with Crippen molar-refractivity contribution in [3.63, 3.8) is 0 Å². The van der Waals surface area contributed by atoms with Gasteiger partial charge >= 0.3 is 0 Å². The van der Waals surface area contributed by atoms with E-state index in [1.165, 1.54) is 0 Å². The summed E-state index contributed by atoms with van der Waals surface area (Å²) in [7, 11) is 0. The summed E-state index contributed by atoms with van der Waals surface area (Å²) in [5.41, 5.74) is 2.14. The van der Waals surface area contributed by atoms with Crippen LogP contribution in [0.5, 0.6) is 0 Å². The van der Waals surface area contributed by atoms with Crippen LogP contribution in [-0.2, 0) is 6.42 Å². The Morgan fingerprint density at radius 1 is 1.29 bits per heavy atom. The Labute approximate surface area is 126 Å². The maximum Gasteiger partial charge on any atom is 0.231 e. The summed E-state index contributed by atoms with van der Waals surface area (Å²) in [6.07, 6.45) is 5.56. The van der Waals surface area contributed by atoms with Gasteiger partial charge < -0.3 is 9.84 Å². The van der Waals surface area contributed by atoms with Gasteiger partial charge in [0.1, 0.15) is 0 Å². The SMILES string of the molecule is CCNC(CC)C(C)c1nc(-c2ccncc2CC)no1. The molecule has 114 valence electrons. The first kappa shape index (κ1) is 15.6. The fourth-order valence-electron chi connectivity index (χ4n) is 2.57. The van der Waals surface area contributed by atoms with Crippen LogP contribution in [0.1, 0.15) is 51.5 Å². The zero-order chi connectivity index (χ0) is 15.2. The number of nitrogens with zero attached hydrogens (tertiary/aromatic N) is 3. The smallest absolute Gasteiger partial charge is 0.231 e. The van der Waals surface area contributed by atoms with E-state index in [4.69, 9.17) is 4.52 Å². The summed E-state index contributed by atoms with van der Waals surface area (Å²) in [4.78, 5) is 8.75. The third-order valence-electron chi connectivity index (χ3n) is 3.87. The second kappa shape index (κ2) is 7.31. The molecule has 5 nitrogen and oxygen atoms in total.